The lowest BCUT2D eigenvalue weighted by Gasteiger charge is -2.32. The van der Waals surface area contributed by atoms with Crippen LogP contribution >= 0.6 is 0 Å². The van der Waals surface area contributed by atoms with E-state index in [1.54, 1.807) is 79.1 Å². The average Bonchev–Trinajstić information content (AvgIpc) is 3.29. The molecular weight excluding hydrogens is 801 g/mol. The third-order valence-corrected chi connectivity index (χ3v) is 9.86. The lowest BCUT2D eigenvalue weighted by atomic mass is 9.72. The number of hydrogen-bond acceptors (Lipinski definition) is 7. The van der Waals surface area contributed by atoms with Crippen molar-refractivity contribution in [3.05, 3.63) is 191 Å². The fourth-order valence-electron chi connectivity index (χ4n) is 6.59. The fourth-order valence-corrected chi connectivity index (χ4v) is 6.59. The summed E-state index contributed by atoms with van der Waals surface area (Å²) in [6, 6.07) is 24.4. The summed E-state index contributed by atoms with van der Waals surface area (Å²) in [5.74, 6) is 0.721. The van der Waals surface area contributed by atoms with Crippen molar-refractivity contribution in [2.45, 2.75) is 101 Å². The van der Waals surface area contributed by atoms with Crippen LogP contribution in [0.4, 0.5) is 21.0 Å². The molecule has 1 heterocycles. The summed E-state index contributed by atoms with van der Waals surface area (Å²) >= 11 is 0. The number of para-hydroxylation sites is 2. The third-order valence-electron chi connectivity index (χ3n) is 9.86. The Morgan fingerprint density at radius 2 is 1.41 bits per heavy atom. The molecule has 0 fully saturated rings. The van der Waals surface area contributed by atoms with Crippen LogP contribution in [0.1, 0.15) is 109 Å². The van der Waals surface area contributed by atoms with Crippen LogP contribution in [0.2, 0.25) is 0 Å². The number of carbonyl (C=O) groups excluding carboxylic acids is 3. The van der Waals surface area contributed by atoms with Crippen LogP contribution in [0, 0.1) is 5.41 Å². The number of hydrogen-bond donors (Lipinski definition) is 3. The van der Waals surface area contributed by atoms with Crippen molar-refractivity contribution in [2.24, 2.45) is 5.41 Å². The Hall–Kier alpha value is -6.94. The maximum atomic E-state index is 13.1. The number of aromatic nitrogens is 1. The van der Waals surface area contributed by atoms with Crippen LogP contribution in [0.3, 0.4) is 0 Å². The highest BCUT2D eigenvalue weighted by Gasteiger charge is 2.26. The Balaban J connectivity index is 0.00000265. The van der Waals surface area contributed by atoms with Crippen molar-refractivity contribution < 1.29 is 28.6 Å². The van der Waals surface area contributed by atoms with Crippen LogP contribution in [-0.2, 0) is 29.2 Å². The van der Waals surface area contributed by atoms with Gasteiger partial charge in [-0.15, -0.1) is 0 Å². The zero-order chi connectivity index (χ0) is 46.9. The topological polar surface area (TPSA) is 128 Å². The molecule has 10 heteroatoms. The van der Waals surface area contributed by atoms with Gasteiger partial charge in [-0.3, -0.25) is 15.1 Å². The number of rotatable bonds is 16. The Kier molecular flexibility index (Phi) is 21.8. The zero-order valence-electron chi connectivity index (χ0n) is 39.0. The van der Waals surface area contributed by atoms with Crippen LogP contribution < -0.4 is 20.7 Å². The van der Waals surface area contributed by atoms with E-state index in [1.807, 2.05) is 71.0 Å². The van der Waals surface area contributed by atoms with E-state index in [-0.39, 0.29) is 31.1 Å². The first-order valence-corrected chi connectivity index (χ1v) is 21.9. The molecule has 0 radical (unpaired) electrons. The monoisotopic (exact) mass is 866 g/mol. The summed E-state index contributed by atoms with van der Waals surface area (Å²) in [5, 5.41) is 8.23. The number of anilines is 2. The molecule has 338 valence electrons. The normalized spacial score (nSPS) is 13.5. The molecule has 1 aliphatic carbocycles. The van der Waals surface area contributed by atoms with Gasteiger partial charge in [0.1, 0.15) is 24.7 Å². The molecular formula is C54H66N4O6. The number of alkyl carbamates (subject to hydrolysis) is 1. The van der Waals surface area contributed by atoms with Crippen molar-refractivity contribution in [3.63, 3.8) is 0 Å². The van der Waals surface area contributed by atoms with E-state index in [4.69, 9.17) is 14.2 Å². The Bertz CT molecular complexity index is 2290. The highest BCUT2D eigenvalue weighted by atomic mass is 16.6. The highest BCUT2D eigenvalue weighted by molar-refractivity contribution is 6.06. The van der Waals surface area contributed by atoms with E-state index in [1.165, 1.54) is 36.0 Å². The zero-order valence-corrected chi connectivity index (χ0v) is 39.0. The Morgan fingerprint density at radius 1 is 0.766 bits per heavy atom. The molecule has 10 nitrogen and oxygen atoms in total. The minimum atomic E-state index is -0.684. The SMILES string of the molecule is C=C(/C=C(C)/C=C/C=C(C)/C=C/C1=C(C)CCCC1(C)C)Oc1ccc(COC(=O)Nc2ccccc2NC(=O)c2ccc(CNC(=O)OCc3cccnc3)cc2)cc1.CC.CC. The fraction of sp³-hybridized carbons (Fsp3) is 0.296. The van der Waals surface area contributed by atoms with E-state index in [2.05, 4.69) is 73.4 Å². The molecule has 5 rings (SSSR count). The van der Waals surface area contributed by atoms with Gasteiger partial charge in [-0.25, -0.2) is 9.59 Å². The predicted octanol–water partition coefficient (Wildman–Crippen LogP) is 14.0. The molecule has 0 saturated carbocycles. The molecule has 0 spiro atoms. The van der Waals surface area contributed by atoms with Gasteiger partial charge in [-0.2, -0.15) is 0 Å². The van der Waals surface area contributed by atoms with Crippen molar-refractivity contribution in [1.29, 1.82) is 0 Å². The van der Waals surface area contributed by atoms with Crippen LogP contribution in [0.15, 0.2) is 168 Å². The smallest absolute Gasteiger partial charge is 0.412 e. The molecule has 3 amide bonds. The van der Waals surface area contributed by atoms with Crippen LogP contribution in [-0.4, -0.2) is 23.1 Å². The van der Waals surface area contributed by atoms with Gasteiger partial charge in [-0.05, 0) is 116 Å². The second kappa shape index (κ2) is 27.2. The lowest BCUT2D eigenvalue weighted by Crippen LogP contribution is -2.23. The number of pyridine rings is 1. The molecule has 0 saturated heterocycles. The molecule has 3 aromatic carbocycles. The first-order valence-electron chi connectivity index (χ1n) is 21.9. The second-order valence-electron chi connectivity index (χ2n) is 15.3. The largest absolute Gasteiger partial charge is 0.458 e. The average molecular weight is 867 g/mol. The molecule has 4 aromatic rings. The minimum absolute atomic E-state index is 0.0198. The summed E-state index contributed by atoms with van der Waals surface area (Å²) < 4.78 is 16.6. The minimum Gasteiger partial charge on any atom is -0.458 e. The quantitative estimate of drug-likeness (QED) is 0.0756. The summed E-state index contributed by atoms with van der Waals surface area (Å²) in [5.41, 5.74) is 8.82. The maximum Gasteiger partial charge on any atom is 0.412 e. The van der Waals surface area contributed by atoms with Gasteiger partial charge in [0, 0.05) is 30.1 Å². The second-order valence-corrected chi connectivity index (χ2v) is 15.3. The van der Waals surface area contributed by atoms with Crippen molar-refractivity contribution in [3.8, 4) is 5.75 Å². The van der Waals surface area contributed by atoms with Gasteiger partial charge in [0.15, 0.2) is 0 Å². The van der Waals surface area contributed by atoms with E-state index in [0.717, 1.165) is 22.3 Å². The van der Waals surface area contributed by atoms with E-state index in [0.29, 0.717) is 28.4 Å². The maximum absolute atomic E-state index is 13.1. The predicted molar refractivity (Wildman–Crippen MR) is 261 cm³/mol. The van der Waals surface area contributed by atoms with Crippen molar-refractivity contribution in [2.75, 3.05) is 10.6 Å². The molecule has 1 aromatic heterocycles. The number of nitrogens with one attached hydrogen (secondary N) is 3. The van der Waals surface area contributed by atoms with E-state index in [9.17, 15) is 14.4 Å². The van der Waals surface area contributed by atoms with E-state index >= 15 is 0 Å². The molecule has 0 atom stereocenters. The highest BCUT2D eigenvalue weighted by Crippen LogP contribution is 2.40. The van der Waals surface area contributed by atoms with Crippen molar-refractivity contribution in [1.82, 2.24) is 10.3 Å². The summed E-state index contributed by atoms with van der Waals surface area (Å²) in [6.45, 7) is 23.4. The number of nitrogens with zero attached hydrogens (tertiary/aromatic N) is 1. The summed E-state index contributed by atoms with van der Waals surface area (Å²) in [6.07, 6.45) is 18.2. The molecule has 0 aliphatic heterocycles. The Morgan fingerprint density at radius 3 is 2.06 bits per heavy atom. The first-order chi connectivity index (χ1) is 30.8. The molecule has 0 bridgehead atoms. The number of ether oxygens (including phenoxy) is 3. The van der Waals surface area contributed by atoms with E-state index < -0.39 is 12.2 Å². The number of allylic oxidation sites excluding steroid dienone is 10. The standard InChI is InChI=1S/C50H54N4O6.2C2H6/c1-35(18-27-44-37(3)14-10-28-50(44,5)6)12-9-13-36(2)30-38(4)60-43-25-21-40(22-26-43)33-59-49(57)54-46-17-8-7-16-45(46)53-47(55)42-23-19-39(20-24-42)32-52-48(56)58-34-41-15-11-29-51-31-41;2*1-2/h7-9,11-13,15-27,29-31H,4,10,14,28,32-34H2,1-3,5-6H3,(H,52,56)(H,53,55)(H,54,57);2*1-2H3/b13-9+,27-18+,35-12+,36-30+;;. The van der Waals surface area contributed by atoms with Gasteiger partial charge in [-0.1, -0.05) is 132 Å². The molecule has 0 unspecified atom stereocenters. The van der Waals surface area contributed by atoms with Crippen molar-refractivity contribution >= 4 is 29.5 Å². The third kappa shape index (κ3) is 17.8. The van der Waals surface area contributed by atoms with Gasteiger partial charge < -0.3 is 24.8 Å². The lowest BCUT2D eigenvalue weighted by molar-refractivity contribution is 0.102. The van der Waals surface area contributed by atoms with Gasteiger partial charge in [0.25, 0.3) is 5.91 Å². The molecule has 3 N–H and O–H groups in total. The number of benzene rings is 3. The molecule has 1 aliphatic rings. The first kappa shape index (κ1) is 51.4. The van der Waals surface area contributed by atoms with Gasteiger partial charge >= 0.3 is 12.2 Å². The van der Waals surface area contributed by atoms with Gasteiger partial charge in [0.05, 0.1) is 11.4 Å². The van der Waals surface area contributed by atoms with Crippen LogP contribution in [0.25, 0.3) is 0 Å². The molecule has 64 heavy (non-hydrogen) atoms. The Labute approximate surface area is 380 Å². The summed E-state index contributed by atoms with van der Waals surface area (Å²) in [7, 11) is 0. The number of amides is 3. The number of carbonyl (C=O) groups is 3. The van der Waals surface area contributed by atoms with Crippen LogP contribution in [0.5, 0.6) is 5.75 Å². The summed E-state index contributed by atoms with van der Waals surface area (Å²) in [4.78, 5) is 41.9. The van der Waals surface area contributed by atoms with Gasteiger partial charge in [0.2, 0.25) is 0 Å².